The van der Waals surface area contributed by atoms with Crippen molar-refractivity contribution in [3.05, 3.63) is 53.2 Å². The van der Waals surface area contributed by atoms with Gasteiger partial charge in [0, 0.05) is 6.20 Å². The summed E-state index contributed by atoms with van der Waals surface area (Å²) in [5.41, 5.74) is -1.94. The van der Waals surface area contributed by atoms with Crippen LogP contribution in [0.4, 0.5) is 24.7 Å². The van der Waals surface area contributed by atoms with Crippen molar-refractivity contribution >= 4 is 34.7 Å². The molecule has 0 radical (unpaired) electrons. The van der Waals surface area contributed by atoms with E-state index in [0.29, 0.717) is 5.82 Å². The molecule has 5 nitrogen and oxygen atoms in total. The molecule has 1 fully saturated rings. The lowest BCUT2D eigenvalue weighted by atomic mass is 10.0. The zero-order chi connectivity index (χ0) is 20.9. The minimum Gasteiger partial charge on any atom is -0.288 e. The van der Waals surface area contributed by atoms with E-state index in [9.17, 15) is 18.0 Å². The van der Waals surface area contributed by atoms with E-state index >= 15 is 0 Å². The number of thiocarbonyl (C=S) groups is 1. The lowest BCUT2D eigenvalue weighted by Crippen LogP contribution is -2.44. The van der Waals surface area contributed by atoms with Crippen LogP contribution in [0.5, 0.6) is 0 Å². The lowest BCUT2D eigenvalue weighted by molar-refractivity contribution is -0.137. The number of carbonyl (C=O) groups excluding carboxylic acids is 1. The second-order valence-corrected chi connectivity index (χ2v) is 7.21. The second kappa shape index (κ2) is 6.56. The number of aryl methyl sites for hydroxylation is 1. The zero-order valence-corrected chi connectivity index (χ0v) is 16.0. The first-order valence-electron chi connectivity index (χ1n) is 8.21. The van der Waals surface area contributed by atoms with Crippen LogP contribution in [0.15, 0.2) is 36.5 Å². The fourth-order valence-electron chi connectivity index (χ4n) is 3.05. The molecule has 28 heavy (non-hydrogen) atoms. The number of nitriles is 1. The molecule has 2 heterocycles. The largest absolute Gasteiger partial charge is 0.417 e. The van der Waals surface area contributed by atoms with Gasteiger partial charge in [0.1, 0.15) is 11.4 Å². The van der Waals surface area contributed by atoms with Gasteiger partial charge in [-0.05, 0) is 68.9 Å². The molecule has 0 N–H and O–H groups in total. The van der Waals surface area contributed by atoms with E-state index < -0.39 is 28.7 Å². The maximum Gasteiger partial charge on any atom is 0.417 e. The highest BCUT2D eigenvalue weighted by molar-refractivity contribution is 7.81. The number of carbonyl (C=O) groups is 1. The summed E-state index contributed by atoms with van der Waals surface area (Å²) in [6, 6.07) is 8.13. The Labute approximate surface area is 165 Å². The Morgan fingerprint density at radius 3 is 2.46 bits per heavy atom. The average molecular weight is 404 g/mol. The molecule has 0 spiro atoms. The van der Waals surface area contributed by atoms with Crippen molar-refractivity contribution in [3.63, 3.8) is 0 Å². The van der Waals surface area contributed by atoms with E-state index in [1.165, 1.54) is 17.0 Å². The first-order chi connectivity index (χ1) is 13.0. The molecule has 0 aliphatic carbocycles. The predicted molar refractivity (Wildman–Crippen MR) is 102 cm³/mol. The van der Waals surface area contributed by atoms with Gasteiger partial charge in [0.15, 0.2) is 5.11 Å². The van der Waals surface area contributed by atoms with Crippen molar-refractivity contribution < 1.29 is 18.0 Å². The molecule has 0 saturated carbocycles. The quantitative estimate of drug-likeness (QED) is 0.703. The number of rotatable bonds is 2. The van der Waals surface area contributed by atoms with Crippen LogP contribution in [0.1, 0.15) is 30.5 Å². The van der Waals surface area contributed by atoms with Gasteiger partial charge in [-0.1, -0.05) is 0 Å². The summed E-state index contributed by atoms with van der Waals surface area (Å²) >= 11 is 5.44. The van der Waals surface area contributed by atoms with Crippen LogP contribution in [0, 0.1) is 18.3 Å². The molecule has 9 heteroatoms. The Balaban J connectivity index is 2.13. The molecular weight excluding hydrogens is 389 g/mol. The minimum atomic E-state index is -4.74. The molecule has 1 aliphatic heterocycles. The molecule has 1 aromatic heterocycles. The highest BCUT2D eigenvalue weighted by Crippen LogP contribution is 2.39. The van der Waals surface area contributed by atoms with Crippen LogP contribution in [-0.4, -0.2) is 21.5 Å². The van der Waals surface area contributed by atoms with Crippen molar-refractivity contribution in [2.24, 2.45) is 0 Å². The summed E-state index contributed by atoms with van der Waals surface area (Å²) in [5.74, 6) is -0.0609. The fraction of sp³-hybridized carbons (Fsp3) is 0.263. The van der Waals surface area contributed by atoms with Crippen LogP contribution < -0.4 is 9.80 Å². The molecule has 0 bridgehead atoms. The van der Waals surface area contributed by atoms with E-state index in [2.05, 4.69) is 4.98 Å². The first-order valence-corrected chi connectivity index (χ1v) is 8.62. The van der Waals surface area contributed by atoms with Gasteiger partial charge in [0.25, 0.3) is 5.91 Å². The van der Waals surface area contributed by atoms with E-state index in [0.717, 1.165) is 22.6 Å². The summed E-state index contributed by atoms with van der Waals surface area (Å²) in [6.07, 6.45) is -3.17. The third kappa shape index (κ3) is 3.10. The number of anilines is 2. The third-order valence-electron chi connectivity index (χ3n) is 4.49. The Kier molecular flexibility index (Phi) is 4.63. The number of halogens is 3. The average Bonchev–Trinajstić information content (AvgIpc) is 2.78. The lowest BCUT2D eigenvalue weighted by Gasteiger charge is -2.28. The van der Waals surface area contributed by atoms with Gasteiger partial charge in [-0.2, -0.15) is 18.4 Å². The van der Waals surface area contributed by atoms with Crippen LogP contribution >= 0.6 is 12.2 Å². The van der Waals surface area contributed by atoms with Gasteiger partial charge in [-0.25, -0.2) is 4.98 Å². The van der Waals surface area contributed by atoms with Gasteiger partial charge >= 0.3 is 6.18 Å². The third-order valence-corrected chi connectivity index (χ3v) is 4.85. The molecule has 0 atom stereocenters. The summed E-state index contributed by atoms with van der Waals surface area (Å²) in [7, 11) is 0. The SMILES string of the molecule is Cc1ccnc(N2C(=S)N(c3ccc(C#N)c(C(F)(F)F)c3)C(=O)C2(C)C)c1. The minimum absolute atomic E-state index is 0.0194. The smallest absolute Gasteiger partial charge is 0.288 e. The van der Waals surface area contributed by atoms with Gasteiger partial charge in [-0.3, -0.25) is 14.6 Å². The van der Waals surface area contributed by atoms with Crippen molar-refractivity contribution in [3.8, 4) is 6.07 Å². The van der Waals surface area contributed by atoms with Crippen molar-refractivity contribution in [1.82, 2.24) is 4.98 Å². The number of aromatic nitrogens is 1. The van der Waals surface area contributed by atoms with Gasteiger partial charge in [0.05, 0.1) is 22.9 Å². The summed E-state index contributed by atoms with van der Waals surface area (Å²) < 4.78 is 40.0. The normalized spacial score (nSPS) is 16.5. The van der Waals surface area contributed by atoms with Crippen LogP contribution in [0.2, 0.25) is 0 Å². The predicted octanol–water partition coefficient (Wildman–Crippen LogP) is 4.20. The topological polar surface area (TPSA) is 60.2 Å². The standard InChI is InChI=1S/C19H15F3N4OS/c1-11-6-7-24-15(8-11)26-17(28)25(16(27)18(26,2)3)13-5-4-12(10-23)14(9-13)19(20,21)22/h4-9H,1-3H3. The van der Waals surface area contributed by atoms with Gasteiger partial charge in [0.2, 0.25) is 0 Å². The van der Waals surface area contributed by atoms with E-state index in [1.54, 1.807) is 32.2 Å². The number of amides is 1. The van der Waals surface area contributed by atoms with Gasteiger partial charge in [-0.15, -0.1) is 0 Å². The Morgan fingerprint density at radius 2 is 1.89 bits per heavy atom. The number of benzene rings is 1. The maximum atomic E-state index is 13.3. The van der Waals surface area contributed by atoms with Crippen molar-refractivity contribution in [1.29, 1.82) is 5.26 Å². The molecule has 2 aromatic rings. The fourth-order valence-corrected chi connectivity index (χ4v) is 3.56. The molecule has 0 unspecified atom stereocenters. The Morgan fingerprint density at radius 1 is 1.21 bits per heavy atom. The highest BCUT2D eigenvalue weighted by Gasteiger charge is 2.51. The van der Waals surface area contributed by atoms with E-state index in [-0.39, 0.29) is 10.8 Å². The second-order valence-electron chi connectivity index (χ2n) is 6.85. The number of alkyl halides is 3. The van der Waals surface area contributed by atoms with Crippen molar-refractivity contribution in [2.45, 2.75) is 32.5 Å². The van der Waals surface area contributed by atoms with Gasteiger partial charge < -0.3 is 0 Å². The molecule has 1 saturated heterocycles. The Hall–Kier alpha value is -2.99. The number of nitrogens with zero attached hydrogens (tertiary/aromatic N) is 4. The molecular formula is C19H15F3N4OS. The Bertz CT molecular complexity index is 1030. The van der Waals surface area contributed by atoms with Crippen LogP contribution in [-0.2, 0) is 11.0 Å². The van der Waals surface area contributed by atoms with E-state index in [1.807, 2.05) is 6.92 Å². The highest BCUT2D eigenvalue weighted by atomic mass is 32.1. The van der Waals surface area contributed by atoms with Crippen LogP contribution in [0.25, 0.3) is 0 Å². The van der Waals surface area contributed by atoms with Crippen LogP contribution in [0.3, 0.4) is 0 Å². The number of hydrogen-bond acceptors (Lipinski definition) is 4. The van der Waals surface area contributed by atoms with E-state index in [4.69, 9.17) is 17.5 Å². The summed E-state index contributed by atoms with van der Waals surface area (Å²) in [6.45, 7) is 5.10. The van der Waals surface area contributed by atoms with Crippen molar-refractivity contribution in [2.75, 3.05) is 9.80 Å². The molecule has 1 amide bonds. The summed E-state index contributed by atoms with van der Waals surface area (Å²) in [5, 5.41) is 8.99. The maximum absolute atomic E-state index is 13.3. The first kappa shape index (κ1) is 19.8. The monoisotopic (exact) mass is 404 g/mol. The number of hydrogen-bond donors (Lipinski definition) is 0. The molecule has 3 rings (SSSR count). The molecule has 1 aliphatic rings. The zero-order valence-electron chi connectivity index (χ0n) is 15.2. The molecule has 1 aromatic carbocycles. The number of pyridine rings is 1. The molecule has 144 valence electrons. The summed E-state index contributed by atoms with van der Waals surface area (Å²) in [4.78, 5) is 19.9.